The Hall–Kier alpha value is 1.12. The van der Waals surface area contributed by atoms with Crippen molar-refractivity contribution >= 4 is 38.7 Å². The minimum Gasteiger partial charge on any atom is -0.363 e. The zero-order valence-electron chi connectivity index (χ0n) is 6.03. The Bertz CT molecular complexity index is 195. The molecule has 3 nitrogen and oxygen atoms in total. The summed E-state index contributed by atoms with van der Waals surface area (Å²) in [5, 5.41) is -0.558. The van der Waals surface area contributed by atoms with Gasteiger partial charge in [-0.15, -0.1) is 12.2 Å². The van der Waals surface area contributed by atoms with Crippen LogP contribution in [0.2, 0.25) is 0 Å². The van der Waals surface area contributed by atoms with Crippen molar-refractivity contribution in [2.45, 2.75) is 13.8 Å². The first-order valence-electron chi connectivity index (χ1n) is 2.47. The van der Waals surface area contributed by atoms with Gasteiger partial charge in [0.15, 0.2) is 10.2 Å². The van der Waals surface area contributed by atoms with Crippen molar-refractivity contribution in [3.8, 4) is 0 Å². The molecule has 1 unspecified atom stereocenters. The number of rotatable bonds is 0. The van der Waals surface area contributed by atoms with E-state index < -0.39 is 16.2 Å². The van der Waals surface area contributed by atoms with Crippen molar-refractivity contribution in [1.82, 2.24) is 0 Å². The van der Waals surface area contributed by atoms with Crippen LogP contribution in [0.5, 0.6) is 0 Å². The molecule has 7 heteroatoms. The van der Waals surface area contributed by atoms with Gasteiger partial charge in [-0.2, -0.15) is 0 Å². The molecular weight excluding hydrogens is 287 g/mol. The number of hydrogen-bond donors (Lipinski definition) is 2. The summed E-state index contributed by atoms with van der Waals surface area (Å²) in [4.78, 5) is 30.2. The average Bonchev–Trinajstić information content (AvgIpc) is 1.59. The van der Waals surface area contributed by atoms with Gasteiger partial charge in [0.1, 0.15) is 0 Å². The van der Waals surface area contributed by atoms with Crippen molar-refractivity contribution in [2.24, 2.45) is 0 Å². The van der Waals surface area contributed by atoms with Crippen molar-refractivity contribution < 1.29 is 35.5 Å². The summed E-state index contributed by atoms with van der Waals surface area (Å²) >= 11 is 3.70. The largest absolute Gasteiger partial charge is 0.363 e. The predicted molar refractivity (Wildman–Crippen MR) is 48.2 cm³/mol. The van der Waals surface area contributed by atoms with Gasteiger partial charge in [0.25, 0.3) is 0 Å². The fourth-order valence-corrected chi connectivity index (χ4v) is 5.24. The quantitative estimate of drug-likeness (QED) is 0.390. The molecule has 66 valence electrons. The molecule has 0 aliphatic rings. The summed E-state index contributed by atoms with van der Waals surface area (Å²) in [6.45, 7) is 2.59. The average molecular weight is 296 g/mol. The summed E-state index contributed by atoms with van der Waals surface area (Å²) in [6.07, 6.45) is -2.05. The smallest absolute Gasteiger partial charge is 0.189 e. The monoisotopic (exact) mass is 298 g/mol. The first kappa shape index (κ1) is 14.6. The molecule has 1 N–H and O–H groups in total. The summed E-state index contributed by atoms with van der Waals surface area (Å²) in [5.41, 5.74) is 0. The Labute approximate surface area is 87.8 Å². The summed E-state index contributed by atoms with van der Waals surface area (Å²) < 4.78 is 0. The van der Waals surface area contributed by atoms with Crippen molar-refractivity contribution in [3.63, 3.8) is 0 Å². The SMILES string of the molecule is CC(=O)S(C(C)=O)=[PH](O)S.[Mo]. The number of hydrogen-bond acceptors (Lipinski definition) is 2. The molecule has 0 aromatic heterocycles. The van der Waals surface area contributed by atoms with Crippen LogP contribution in [0.15, 0.2) is 0 Å². The van der Waals surface area contributed by atoms with Gasteiger partial charge >= 0.3 is 0 Å². The third kappa shape index (κ3) is 5.37. The Morgan fingerprint density at radius 1 is 1.36 bits per heavy atom. The van der Waals surface area contributed by atoms with Gasteiger partial charge in [0.2, 0.25) is 0 Å². The van der Waals surface area contributed by atoms with Crippen LogP contribution in [0.1, 0.15) is 13.8 Å². The minimum absolute atomic E-state index is 0. The van der Waals surface area contributed by atoms with E-state index in [1.54, 1.807) is 0 Å². The van der Waals surface area contributed by atoms with Crippen LogP contribution >= 0.6 is 18.4 Å². The first-order valence-corrected chi connectivity index (χ1v) is 7.15. The fraction of sp³-hybridized carbons (Fsp3) is 0.500. The second-order valence-corrected chi connectivity index (χ2v) is 8.46. The van der Waals surface area contributed by atoms with Gasteiger partial charge in [-0.3, -0.25) is 9.59 Å². The van der Waals surface area contributed by atoms with Crippen LogP contribution in [0.4, 0.5) is 0 Å². The Morgan fingerprint density at radius 2 is 1.64 bits per heavy atom. The van der Waals surface area contributed by atoms with Crippen LogP contribution in [-0.4, -0.2) is 15.1 Å². The third-order valence-electron chi connectivity index (χ3n) is 0.757. The number of thiol groups is 1. The van der Waals surface area contributed by atoms with E-state index in [2.05, 4.69) is 12.2 Å². The maximum Gasteiger partial charge on any atom is 0.189 e. The number of carbonyl (C=O) groups is 2. The van der Waals surface area contributed by atoms with E-state index in [-0.39, 0.29) is 31.3 Å². The third-order valence-corrected chi connectivity index (χ3v) is 6.74. The van der Waals surface area contributed by atoms with E-state index in [0.29, 0.717) is 0 Å². The Morgan fingerprint density at radius 3 is 1.64 bits per heavy atom. The van der Waals surface area contributed by atoms with Crippen LogP contribution in [-0.2, 0) is 40.7 Å². The van der Waals surface area contributed by atoms with Gasteiger partial charge in [0, 0.05) is 34.9 Å². The normalized spacial score (nSPS) is 12.1. The fourth-order valence-electron chi connectivity index (χ4n) is 0.460. The van der Waals surface area contributed by atoms with Gasteiger partial charge in [-0.25, -0.2) is 0 Å². The summed E-state index contributed by atoms with van der Waals surface area (Å²) in [7, 11) is -1.14. The van der Waals surface area contributed by atoms with Crippen LogP contribution in [0, 0.1) is 0 Å². The van der Waals surface area contributed by atoms with Crippen LogP contribution < -0.4 is 0 Å². The minimum atomic E-state index is -2.05. The van der Waals surface area contributed by atoms with E-state index in [0.717, 1.165) is 0 Å². The van der Waals surface area contributed by atoms with Gasteiger partial charge in [-0.05, 0) is 10.1 Å². The predicted octanol–water partition coefficient (Wildman–Crippen LogP) is 0.576. The molecule has 0 radical (unpaired) electrons. The molecule has 0 bridgehead atoms. The van der Waals surface area contributed by atoms with Gasteiger partial charge in [0.05, 0.1) is 6.13 Å². The second kappa shape index (κ2) is 6.61. The molecule has 0 spiro atoms. The maximum atomic E-state index is 10.6. The molecule has 0 saturated carbocycles. The van der Waals surface area contributed by atoms with E-state index in [9.17, 15) is 9.59 Å². The second-order valence-electron chi connectivity index (χ2n) is 1.57. The zero-order chi connectivity index (χ0) is 8.31. The summed E-state index contributed by atoms with van der Waals surface area (Å²) in [5.74, 6) is 0. The molecule has 11 heavy (non-hydrogen) atoms. The molecular formula is C4H9MoO3PS2. The topological polar surface area (TPSA) is 54.4 Å². The van der Waals surface area contributed by atoms with E-state index in [1.807, 2.05) is 0 Å². The molecule has 0 aromatic rings. The first-order chi connectivity index (χ1) is 4.46. The van der Waals surface area contributed by atoms with Crippen LogP contribution in [0.25, 0.3) is 0 Å². The molecule has 0 fully saturated rings. The van der Waals surface area contributed by atoms with E-state index >= 15 is 0 Å². The van der Waals surface area contributed by atoms with E-state index in [4.69, 9.17) is 4.89 Å². The molecule has 0 aliphatic heterocycles. The maximum absolute atomic E-state index is 10.6. The summed E-state index contributed by atoms with van der Waals surface area (Å²) in [6, 6.07) is 0. The van der Waals surface area contributed by atoms with Crippen molar-refractivity contribution in [3.05, 3.63) is 0 Å². The van der Waals surface area contributed by atoms with Gasteiger partial charge in [-0.1, -0.05) is 0 Å². The standard InChI is InChI=1S/C4H9O3PS2.Mo/c1-3(5)10(4(2)6)8(7)9;/h7-9H,1-2H3;. The molecule has 0 rings (SSSR count). The van der Waals surface area contributed by atoms with Crippen molar-refractivity contribution in [1.29, 1.82) is 0 Å². The molecule has 0 aromatic carbocycles. The van der Waals surface area contributed by atoms with Crippen LogP contribution in [0.3, 0.4) is 0 Å². The van der Waals surface area contributed by atoms with Gasteiger partial charge < -0.3 is 4.89 Å². The Balaban J connectivity index is 0. The zero-order valence-corrected chi connectivity index (χ0v) is 10.7. The molecule has 0 heterocycles. The van der Waals surface area contributed by atoms with Crippen molar-refractivity contribution in [2.75, 3.05) is 0 Å². The molecule has 1 atom stereocenters. The Kier molecular flexibility index (Phi) is 8.80. The molecule has 0 saturated heterocycles. The van der Waals surface area contributed by atoms with E-state index in [1.165, 1.54) is 13.8 Å². The number of carbonyl (C=O) groups excluding carboxylic acids is 2. The molecule has 0 amide bonds. The molecule has 0 aliphatic carbocycles.